The maximum atomic E-state index is 5.93. The van der Waals surface area contributed by atoms with Gasteiger partial charge in [-0.1, -0.05) is 22.0 Å². The smallest absolute Gasteiger partial charge is 0.146 e. The topological polar surface area (TPSA) is 73.1 Å². The van der Waals surface area contributed by atoms with Crippen molar-refractivity contribution in [2.24, 2.45) is 0 Å². The molecule has 0 atom stereocenters. The number of ether oxygens (including phenoxy) is 1. The number of pyridine rings is 2. The van der Waals surface area contributed by atoms with E-state index in [1.54, 1.807) is 12.4 Å². The lowest BCUT2D eigenvalue weighted by Crippen LogP contribution is -2.06. The van der Waals surface area contributed by atoms with Crippen molar-refractivity contribution in [3.05, 3.63) is 76.7 Å². The number of aromatic nitrogens is 2. The summed E-state index contributed by atoms with van der Waals surface area (Å²) in [6.07, 6.45) is 3.43. The Hall–Kier alpha value is -2.60. The number of nitrogens with two attached hydrogens (primary N) is 1. The Kier molecular flexibility index (Phi) is 5.28. The maximum Gasteiger partial charge on any atom is 0.146 e. The zero-order valence-electron chi connectivity index (χ0n) is 12.9. The monoisotopic (exact) mass is 384 g/mol. The van der Waals surface area contributed by atoms with Gasteiger partial charge in [0.2, 0.25) is 0 Å². The standard InChI is InChI=1S/C18H17BrN4O/c19-14-6-7-17(24-12-15-4-1-2-8-21-15)13(10-14)11-23-16-5-3-9-22-18(16)20/h1-10,23H,11-12H2,(H2,20,22). The highest BCUT2D eigenvalue weighted by Gasteiger charge is 2.07. The van der Waals surface area contributed by atoms with E-state index in [2.05, 4.69) is 31.2 Å². The lowest BCUT2D eigenvalue weighted by molar-refractivity contribution is 0.298. The van der Waals surface area contributed by atoms with Crippen molar-refractivity contribution in [3.8, 4) is 5.75 Å². The molecule has 0 aliphatic rings. The third-order valence-corrected chi connectivity index (χ3v) is 3.93. The van der Waals surface area contributed by atoms with Crippen LogP contribution in [0.3, 0.4) is 0 Å². The summed E-state index contributed by atoms with van der Waals surface area (Å²) in [6.45, 7) is 0.997. The van der Waals surface area contributed by atoms with Crippen molar-refractivity contribution < 1.29 is 4.74 Å². The molecule has 0 aliphatic carbocycles. The van der Waals surface area contributed by atoms with Crippen LogP contribution < -0.4 is 15.8 Å². The average molecular weight is 385 g/mol. The summed E-state index contributed by atoms with van der Waals surface area (Å²) >= 11 is 3.50. The SMILES string of the molecule is Nc1ncccc1NCc1cc(Br)ccc1OCc1ccccn1. The summed E-state index contributed by atoms with van der Waals surface area (Å²) in [4.78, 5) is 8.35. The molecule has 0 spiro atoms. The molecule has 2 aromatic heterocycles. The van der Waals surface area contributed by atoms with Crippen LogP contribution in [0.4, 0.5) is 11.5 Å². The normalized spacial score (nSPS) is 10.4. The minimum Gasteiger partial charge on any atom is -0.487 e. The lowest BCUT2D eigenvalue weighted by Gasteiger charge is -2.14. The molecule has 0 unspecified atom stereocenters. The molecule has 2 heterocycles. The molecule has 122 valence electrons. The molecule has 5 nitrogen and oxygen atoms in total. The first-order valence-corrected chi connectivity index (χ1v) is 8.27. The number of hydrogen-bond donors (Lipinski definition) is 2. The highest BCUT2D eigenvalue weighted by Crippen LogP contribution is 2.25. The molecule has 0 radical (unpaired) electrons. The number of rotatable bonds is 6. The van der Waals surface area contributed by atoms with E-state index in [1.165, 1.54) is 0 Å². The van der Waals surface area contributed by atoms with Gasteiger partial charge in [-0.3, -0.25) is 4.98 Å². The summed E-state index contributed by atoms with van der Waals surface area (Å²) < 4.78 is 6.92. The third kappa shape index (κ3) is 4.23. The number of nitrogens with one attached hydrogen (secondary N) is 1. The van der Waals surface area contributed by atoms with Gasteiger partial charge in [-0.05, 0) is 42.5 Å². The second-order valence-corrected chi connectivity index (χ2v) is 6.07. The van der Waals surface area contributed by atoms with E-state index >= 15 is 0 Å². The molecule has 24 heavy (non-hydrogen) atoms. The average Bonchev–Trinajstić information content (AvgIpc) is 2.61. The molecular formula is C18H17BrN4O. The molecule has 1 aromatic carbocycles. The van der Waals surface area contributed by atoms with Crippen LogP contribution in [0, 0.1) is 0 Å². The number of nitrogen functional groups attached to an aromatic ring is 1. The third-order valence-electron chi connectivity index (χ3n) is 3.43. The molecule has 0 saturated carbocycles. The molecule has 6 heteroatoms. The Balaban J connectivity index is 1.72. The maximum absolute atomic E-state index is 5.93. The van der Waals surface area contributed by atoms with Crippen LogP contribution in [0.2, 0.25) is 0 Å². The second kappa shape index (κ2) is 7.79. The van der Waals surface area contributed by atoms with Gasteiger partial charge in [0.05, 0.1) is 11.4 Å². The number of benzene rings is 1. The summed E-state index contributed by atoms with van der Waals surface area (Å²) in [5.41, 5.74) is 8.57. The summed E-state index contributed by atoms with van der Waals surface area (Å²) in [5.74, 6) is 1.28. The number of hydrogen-bond acceptors (Lipinski definition) is 5. The van der Waals surface area contributed by atoms with Gasteiger partial charge in [0.25, 0.3) is 0 Å². The molecule has 0 bridgehead atoms. The fourth-order valence-corrected chi connectivity index (χ4v) is 2.63. The Bertz CT molecular complexity index is 811. The van der Waals surface area contributed by atoms with Crippen LogP contribution in [0.15, 0.2) is 65.4 Å². The fourth-order valence-electron chi connectivity index (χ4n) is 2.22. The van der Waals surface area contributed by atoms with Gasteiger partial charge in [-0.2, -0.15) is 0 Å². The summed E-state index contributed by atoms with van der Waals surface area (Å²) in [5, 5.41) is 3.29. The van der Waals surface area contributed by atoms with Crippen molar-refractivity contribution in [2.75, 3.05) is 11.1 Å². The van der Waals surface area contributed by atoms with E-state index in [9.17, 15) is 0 Å². The van der Waals surface area contributed by atoms with Gasteiger partial charge >= 0.3 is 0 Å². The van der Waals surface area contributed by atoms with E-state index in [0.29, 0.717) is 19.0 Å². The van der Waals surface area contributed by atoms with Gasteiger partial charge < -0.3 is 15.8 Å². The predicted molar refractivity (Wildman–Crippen MR) is 98.7 cm³/mol. The summed E-state index contributed by atoms with van der Waals surface area (Å²) in [7, 11) is 0. The number of anilines is 2. The zero-order valence-corrected chi connectivity index (χ0v) is 14.5. The first-order chi connectivity index (χ1) is 11.7. The second-order valence-electron chi connectivity index (χ2n) is 5.15. The Morgan fingerprint density at radius 3 is 2.71 bits per heavy atom. The Morgan fingerprint density at radius 1 is 1.04 bits per heavy atom. The largest absolute Gasteiger partial charge is 0.487 e. The first kappa shape index (κ1) is 16.3. The molecule has 0 fully saturated rings. The number of nitrogens with zero attached hydrogens (tertiary/aromatic N) is 2. The quantitative estimate of drug-likeness (QED) is 0.671. The van der Waals surface area contributed by atoms with Crippen molar-refractivity contribution >= 4 is 27.4 Å². The lowest BCUT2D eigenvalue weighted by atomic mass is 10.2. The van der Waals surface area contributed by atoms with Crippen LogP contribution in [-0.4, -0.2) is 9.97 Å². The predicted octanol–water partition coefficient (Wildman–Crippen LogP) is 4.01. The van der Waals surface area contributed by atoms with Crippen LogP contribution in [0.25, 0.3) is 0 Å². The highest BCUT2D eigenvalue weighted by atomic mass is 79.9. The molecular weight excluding hydrogens is 368 g/mol. The zero-order chi connectivity index (χ0) is 16.8. The molecule has 0 aliphatic heterocycles. The minimum absolute atomic E-state index is 0.421. The van der Waals surface area contributed by atoms with Gasteiger partial charge in [0, 0.05) is 29.0 Å². The van der Waals surface area contributed by atoms with Crippen LogP contribution in [0.5, 0.6) is 5.75 Å². The fraction of sp³-hybridized carbons (Fsp3) is 0.111. The molecule has 3 rings (SSSR count). The van der Waals surface area contributed by atoms with Gasteiger partial charge in [0.15, 0.2) is 0 Å². The van der Waals surface area contributed by atoms with Crippen molar-refractivity contribution in [2.45, 2.75) is 13.2 Å². The van der Waals surface area contributed by atoms with E-state index in [0.717, 1.165) is 27.2 Å². The van der Waals surface area contributed by atoms with Gasteiger partial charge in [-0.25, -0.2) is 4.98 Å². The van der Waals surface area contributed by atoms with Crippen molar-refractivity contribution in [3.63, 3.8) is 0 Å². The Labute approximate surface area is 149 Å². The van der Waals surface area contributed by atoms with E-state index < -0.39 is 0 Å². The van der Waals surface area contributed by atoms with Crippen LogP contribution in [0.1, 0.15) is 11.3 Å². The first-order valence-electron chi connectivity index (χ1n) is 7.48. The number of halogens is 1. The van der Waals surface area contributed by atoms with Crippen LogP contribution >= 0.6 is 15.9 Å². The molecule has 3 N–H and O–H groups in total. The van der Waals surface area contributed by atoms with Crippen molar-refractivity contribution in [1.29, 1.82) is 0 Å². The van der Waals surface area contributed by atoms with Gasteiger partial charge in [0.1, 0.15) is 18.2 Å². The van der Waals surface area contributed by atoms with E-state index in [-0.39, 0.29) is 0 Å². The van der Waals surface area contributed by atoms with Crippen molar-refractivity contribution in [1.82, 2.24) is 9.97 Å². The van der Waals surface area contributed by atoms with Crippen LogP contribution in [-0.2, 0) is 13.2 Å². The van der Waals surface area contributed by atoms with E-state index in [1.807, 2.05) is 48.5 Å². The Morgan fingerprint density at radius 2 is 1.92 bits per heavy atom. The van der Waals surface area contributed by atoms with Gasteiger partial charge in [-0.15, -0.1) is 0 Å². The summed E-state index contributed by atoms with van der Waals surface area (Å²) in [6, 6.07) is 15.4. The molecule has 0 amide bonds. The minimum atomic E-state index is 0.421. The van der Waals surface area contributed by atoms with E-state index in [4.69, 9.17) is 10.5 Å². The molecule has 0 saturated heterocycles. The highest BCUT2D eigenvalue weighted by molar-refractivity contribution is 9.10. The molecule has 3 aromatic rings.